The summed E-state index contributed by atoms with van der Waals surface area (Å²) >= 11 is 10.7. The number of aromatic nitrogens is 2. The van der Waals surface area contributed by atoms with Crippen LogP contribution in [0.1, 0.15) is 0 Å². The molecule has 0 saturated carbocycles. The molecule has 0 aromatic carbocycles. The third kappa shape index (κ3) is 1.23. The molecule has 9 heavy (non-hydrogen) atoms. The van der Waals surface area contributed by atoms with Crippen LogP contribution in [0.5, 0.6) is 5.88 Å². The van der Waals surface area contributed by atoms with Gasteiger partial charge in [-0.3, -0.25) is 0 Å². The molecule has 3 nitrogen and oxygen atoms in total. The third-order valence-corrected chi connectivity index (χ3v) is 1.47. The lowest BCUT2D eigenvalue weighted by Crippen LogP contribution is -1.96. The normalized spacial score (nSPS) is 9.56. The fraction of sp³-hybridized carbons (Fsp3) is 0. The summed E-state index contributed by atoms with van der Waals surface area (Å²) in [5, 5.41) is 16.9. The second-order valence-electron chi connectivity index (χ2n) is 1.31. The van der Waals surface area contributed by atoms with Crippen LogP contribution in [0.3, 0.4) is 0 Å². The first-order valence-electron chi connectivity index (χ1n) is 2.05. The van der Waals surface area contributed by atoms with Gasteiger partial charge in [0.15, 0.2) is 0 Å². The monoisotopic (exact) mass is 163 g/mol. The SMILES string of the molecule is [O-]c1nncc(Cl)c1Cl. The molecule has 0 aliphatic carbocycles. The van der Waals surface area contributed by atoms with Crippen molar-refractivity contribution < 1.29 is 5.11 Å². The first-order chi connectivity index (χ1) is 4.22. The van der Waals surface area contributed by atoms with Crippen LogP contribution in [0.4, 0.5) is 0 Å². The predicted molar refractivity (Wildman–Crippen MR) is 31.5 cm³/mol. The standard InChI is InChI=1S/C4H2Cl2N2O/c5-2-1-7-8-4(9)3(2)6/h1H,(H,8,9)/p-1. The van der Waals surface area contributed by atoms with Crippen LogP contribution in [0.25, 0.3) is 0 Å². The highest BCUT2D eigenvalue weighted by atomic mass is 35.5. The zero-order valence-electron chi connectivity index (χ0n) is 4.14. The molecule has 0 aliphatic heterocycles. The van der Waals surface area contributed by atoms with Crippen molar-refractivity contribution >= 4 is 23.2 Å². The Hall–Kier alpha value is -0.540. The van der Waals surface area contributed by atoms with Crippen LogP contribution in [-0.2, 0) is 0 Å². The van der Waals surface area contributed by atoms with E-state index in [4.69, 9.17) is 23.2 Å². The average molecular weight is 164 g/mol. The van der Waals surface area contributed by atoms with E-state index in [9.17, 15) is 5.11 Å². The van der Waals surface area contributed by atoms with Gasteiger partial charge in [-0.1, -0.05) is 23.2 Å². The Bertz CT molecular complexity index is 208. The molecule has 0 amide bonds. The van der Waals surface area contributed by atoms with Gasteiger partial charge in [0.05, 0.1) is 16.2 Å². The lowest BCUT2D eigenvalue weighted by atomic mass is 10.6. The summed E-state index contributed by atoms with van der Waals surface area (Å²) in [4.78, 5) is 0. The molecule has 0 radical (unpaired) electrons. The predicted octanol–water partition coefficient (Wildman–Crippen LogP) is 0.857. The highest BCUT2D eigenvalue weighted by Crippen LogP contribution is 2.24. The van der Waals surface area contributed by atoms with Gasteiger partial charge < -0.3 is 5.11 Å². The van der Waals surface area contributed by atoms with Crippen molar-refractivity contribution in [3.05, 3.63) is 16.2 Å². The van der Waals surface area contributed by atoms with Gasteiger partial charge in [-0.15, -0.1) is 0 Å². The smallest absolute Gasteiger partial charge is 0.0803 e. The Morgan fingerprint density at radius 2 is 2.11 bits per heavy atom. The Kier molecular flexibility index (Phi) is 1.73. The summed E-state index contributed by atoms with van der Waals surface area (Å²) in [6, 6.07) is 0. The fourth-order valence-electron chi connectivity index (χ4n) is 0.335. The fourth-order valence-corrected chi connectivity index (χ4v) is 0.546. The van der Waals surface area contributed by atoms with Gasteiger partial charge in [0.1, 0.15) is 0 Å². The van der Waals surface area contributed by atoms with E-state index < -0.39 is 5.88 Å². The molecule has 48 valence electrons. The van der Waals surface area contributed by atoms with Crippen LogP contribution in [0, 0.1) is 0 Å². The summed E-state index contributed by atoms with van der Waals surface area (Å²) in [6.07, 6.45) is 1.21. The average Bonchev–Trinajstić information content (AvgIpc) is 1.83. The second kappa shape index (κ2) is 2.37. The number of nitrogens with zero attached hydrogens (tertiary/aromatic N) is 2. The van der Waals surface area contributed by atoms with Crippen molar-refractivity contribution in [2.45, 2.75) is 0 Å². The molecule has 0 unspecified atom stereocenters. The topological polar surface area (TPSA) is 48.8 Å². The highest BCUT2D eigenvalue weighted by molar-refractivity contribution is 6.42. The van der Waals surface area contributed by atoms with Gasteiger partial charge >= 0.3 is 0 Å². The van der Waals surface area contributed by atoms with Crippen LogP contribution < -0.4 is 5.11 Å². The first-order valence-corrected chi connectivity index (χ1v) is 2.81. The van der Waals surface area contributed by atoms with Gasteiger partial charge in [-0.2, -0.15) is 10.2 Å². The van der Waals surface area contributed by atoms with Crippen molar-refractivity contribution in [2.75, 3.05) is 0 Å². The zero-order valence-corrected chi connectivity index (χ0v) is 5.65. The summed E-state index contributed by atoms with van der Waals surface area (Å²) in [7, 11) is 0. The maximum Gasteiger partial charge on any atom is 0.0803 e. The minimum Gasteiger partial charge on any atom is -0.856 e. The highest BCUT2D eigenvalue weighted by Gasteiger charge is 1.95. The van der Waals surface area contributed by atoms with Crippen molar-refractivity contribution in [2.24, 2.45) is 0 Å². The van der Waals surface area contributed by atoms with Crippen LogP contribution in [-0.4, -0.2) is 10.2 Å². The summed E-state index contributed by atoms with van der Waals surface area (Å²) in [6.45, 7) is 0. The van der Waals surface area contributed by atoms with E-state index in [1.807, 2.05) is 0 Å². The molecule has 0 saturated heterocycles. The Morgan fingerprint density at radius 3 is 2.56 bits per heavy atom. The Morgan fingerprint density at radius 1 is 1.44 bits per heavy atom. The van der Waals surface area contributed by atoms with E-state index in [0.29, 0.717) is 0 Å². The lowest BCUT2D eigenvalue weighted by Gasteiger charge is -2.03. The summed E-state index contributed by atoms with van der Waals surface area (Å²) in [5.41, 5.74) is 0. The quantitative estimate of drug-likeness (QED) is 0.571. The summed E-state index contributed by atoms with van der Waals surface area (Å²) < 4.78 is 0. The van der Waals surface area contributed by atoms with Crippen molar-refractivity contribution in [3.63, 3.8) is 0 Å². The first kappa shape index (κ1) is 6.58. The number of hydrogen-bond acceptors (Lipinski definition) is 3. The van der Waals surface area contributed by atoms with Crippen molar-refractivity contribution in [1.29, 1.82) is 0 Å². The number of rotatable bonds is 0. The van der Waals surface area contributed by atoms with Crippen molar-refractivity contribution in [3.8, 4) is 5.88 Å². The summed E-state index contributed by atoms with van der Waals surface area (Å²) in [5.74, 6) is -0.593. The van der Waals surface area contributed by atoms with E-state index >= 15 is 0 Å². The van der Waals surface area contributed by atoms with E-state index in [2.05, 4.69) is 10.2 Å². The van der Waals surface area contributed by atoms with E-state index in [0.717, 1.165) is 0 Å². The minimum atomic E-state index is -0.593. The van der Waals surface area contributed by atoms with Crippen LogP contribution in [0.15, 0.2) is 6.20 Å². The molecule has 1 rings (SSSR count). The Balaban J connectivity index is 3.25. The zero-order chi connectivity index (χ0) is 6.85. The van der Waals surface area contributed by atoms with E-state index in [-0.39, 0.29) is 10.0 Å². The molecule has 0 fully saturated rings. The minimum absolute atomic E-state index is 0.0772. The van der Waals surface area contributed by atoms with Gasteiger partial charge in [-0.05, 0) is 0 Å². The van der Waals surface area contributed by atoms with Crippen LogP contribution >= 0.6 is 23.2 Å². The number of hydrogen-bond donors (Lipinski definition) is 0. The van der Waals surface area contributed by atoms with Gasteiger partial charge in [-0.25, -0.2) is 0 Å². The molecular formula is C4HCl2N2O-. The molecular weight excluding hydrogens is 163 g/mol. The van der Waals surface area contributed by atoms with Crippen molar-refractivity contribution in [1.82, 2.24) is 10.2 Å². The van der Waals surface area contributed by atoms with E-state index in [1.54, 1.807) is 0 Å². The third-order valence-electron chi connectivity index (χ3n) is 0.717. The van der Waals surface area contributed by atoms with E-state index in [1.165, 1.54) is 6.20 Å². The molecule has 5 heteroatoms. The molecule has 1 aromatic heterocycles. The molecule has 1 aromatic rings. The van der Waals surface area contributed by atoms with Crippen LogP contribution in [0.2, 0.25) is 10.0 Å². The Labute approximate surface area is 61.2 Å². The lowest BCUT2D eigenvalue weighted by molar-refractivity contribution is -0.275. The maximum absolute atomic E-state index is 10.4. The molecule has 0 bridgehead atoms. The molecule has 0 aliphatic rings. The maximum atomic E-state index is 10.4. The molecule has 1 heterocycles. The second-order valence-corrected chi connectivity index (χ2v) is 2.10. The largest absolute Gasteiger partial charge is 0.856 e. The molecule has 0 N–H and O–H groups in total. The molecule has 0 atom stereocenters. The van der Waals surface area contributed by atoms with Gasteiger partial charge in [0, 0.05) is 5.88 Å². The molecule has 0 spiro atoms. The van der Waals surface area contributed by atoms with Gasteiger partial charge in [0.25, 0.3) is 0 Å². The number of halogens is 2. The van der Waals surface area contributed by atoms with Gasteiger partial charge in [0.2, 0.25) is 0 Å².